The van der Waals surface area contributed by atoms with Crippen LogP contribution in [0.2, 0.25) is 0 Å². The Morgan fingerprint density at radius 3 is 2.52 bits per heavy atom. The van der Waals surface area contributed by atoms with Crippen LogP contribution in [-0.2, 0) is 17.9 Å². The van der Waals surface area contributed by atoms with Crippen molar-refractivity contribution in [2.24, 2.45) is 5.73 Å². The van der Waals surface area contributed by atoms with Gasteiger partial charge in [-0.1, -0.05) is 43.5 Å². The monoisotopic (exact) mass is 339 g/mol. The molecule has 23 heavy (non-hydrogen) atoms. The molecule has 1 aromatic rings. The molecule has 5 heteroatoms. The number of hydrogen-bond donors (Lipinski definition) is 2. The smallest absolute Gasteiger partial charge is 0.221 e. The molecule has 0 unspecified atom stereocenters. The maximum Gasteiger partial charge on any atom is 0.221 e. The van der Waals surface area contributed by atoms with Crippen molar-refractivity contribution < 1.29 is 4.79 Å². The van der Waals surface area contributed by atoms with Crippen LogP contribution in [0.15, 0.2) is 24.3 Å². The topological polar surface area (TPSA) is 58.4 Å². The Hall–Kier alpha value is -1.10. The first kappa shape index (κ1) is 19.9. The molecule has 0 aromatic heterocycles. The average molecular weight is 340 g/mol. The normalized spacial score (nSPS) is 15.3. The van der Waals surface area contributed by atoms with Gasteiger partial charge in [-0.25, -0.2) is 0 Å². The summed E-state index contributed by atoms with van der Waals surface area (Å²) in [7, 11) is 2.22. The second kappa shape index (κ2) is 10.6. The van der Waals surface area contributed by atoms with Gasteiger partial charge in [0.25, 0.3) is 0 Å². The highest BCUT2D eigenvalue weighted by molar-refractivity contribution is 5.85. The molecule has 1 saturated carbocycles. The first-order valence-corrected chi connectivity index (χ1v) is 8.44. The third kappa shape index (κ3) is 6.50. The maximum atomic E-state index is 11.6. The number of hydrogen-bond acceptors (Lipinski definition) is 3. The van der Waals surface area contributed by atoms with Crippen molar-refractivity contribution in [2.75, 3.05) is 13.6 Å². The first-order chi connectivity index (χ1) is 10.7. The molecule has 0 atom stereocenters. The summed E-state index contributed by atoms with van der Waals surface area (Å²) < 4.78 is 0. The Bertz CT molecular complexity index is 475. The molecule has 130 valence electrons. The van der Waals surface area contributed by atoms with E-state index in [1.54, 1.807) is 0 Å². The van der Waals surface area contributed by atoms with Crippen LogP contribution in [-0.4, -0.2) is 30.4 Å². The lowest BCUT2D eigenvalue weighted by atomic mass is 9.94. The molecule has 1 fully saturated rings. The number of nitrogens with zero attached hydrogens (tertiary/aromatic N) is 1. The van der Waals surface area contributed by atoms with Crippen LogP contribution in [0, 0.1) is 0 Å². The zero-order valence-electron chi connectivity index (χ0n) is 14.1. The minimum atomic E-state index is 0. The molecule has 4 nitrogen and oxygen atoms in total. The maximum absolute atomic E-state index is 11.6. The van der Waals surface area contributed by atoms with Crippen molar-refractivity contribution in [3.63, 3.8) is 0 Å². The van der Waals surface area contributed by atoms with Crippen LogP contribution in [0.5, 0.6) is 0 Å². The number of nitrogens with one attached hydrogen (secondary N) is 1. The van der Waals surface area contributed by atoms with Gasteiger partial charge in [0.2, 0.25) is 5.91 Å². The third-order valence-corrected chi connectivity index (χ3v) is 4.58. The Labute approximate surface area is 146 Å². The number of benzene rings is 1. The van der Waals surface area contributed by atoms with E-state index < -0.39 is 0 Å². The van der Waals surface area contributed by atoms with Gasteiger partial charge < -0.3 is 11.1 Å². The molecule has 1 aliphatic rings. The van der Waals surface area contributed by atoms with Gasteiger partial charge in [-0.2, -0.15) is 0 Å². The van der Waals surface area contributed by atoms with Crippen molar-refractivity contribution >= 4 is 18.3 Å². The number of amides is 1. The minimum absolute atomic E-state index is 0. The van der Waals surface area contributed by atoms with E-state index in [2.05, 4.69) is 35.5 Å². The van der Waals surface area contributed by atoms with Crippen molar-refractivity contribution in [3.8, 4) is 0 Å². The van der Waals surface area contributed by atoms with Crippen LogP contribution < -0.4 is 11.1 Å². The molecule has 2 rings (SSSR count). The Morgan fingerprint density at radius 1 is 1.22 bits per heavy atom. The summed E-state index contributed by atoms with van der Waals surface area (Å²) in [6, 6.07) is 9.09. The third-order valence-electron chi connectivity index (χ3n) is 4.58. The van der Waals surface area contributed by atoms with Crippen LogP contribution in [0.3, 0.4) is 0 Å². The van der Waals surface area contributed by atoms with Crippen molar-refractivity contribution in [3.05, 3.63) is 35.4 Å². The predicted molar refractivity (Wildman–Crippen MR) is 97.5 cm³/mol. The standard InChI is InChI=1S/C18H29N3O.ClH/c1-21(17-9-3-2-4-10-17)14-16-8-6-5-7-15(16)13-20-18(22)11-12-19;/h5-8,17H,2-4,9-14,19H2,1H3,(H,20,22);1H. The predicted octanol–water partition coefficient (Wildman–Crippen LogP) is 2.84. The molecule has 0 radical (unpaired) electrons. The Kier molecular flexibility index (Phi) is 9.22. The molecule has 0 aliphatic heterocycles. The highest BCUT2D eigenvalue weighted by atomic mass is 35.5. The van der Waals surface area contributed by atoms with E-state index in [1.165, 1.54) is 43.2 Å². The fourth-order valence-corrected chi connectivity index (χ4v) is 3.22. The molecule has 1 amide bonds. The summed E-state index contributed by atoms with van der Waals surface area (Å²) in [6.07, 6.45) is 7.10. The van der Waals surface area contributed by atoms with E-state index in [9.17, 15) is 4.79 Å². The zero-order chi connectivity index (χ0) is 15.8. The molecule has 0 heterocycles. The van der Waals surface area contributed by atoms with Crippen molar-refractivity contribution in [1.82, 2.24) is 10.2 Å². The number of rotatable bonds is 7. The lowest BCUT2D eigenvalue weighted by Gasteiger charge is -2.31. The fourth-order valence-electron chi connectivity index (χ4n) is 3.22. The number of halogens is 1. The van der Waals surface area contributed by atoms with E-state index >= 15 is 0 Å². The van der Waals surface area contributed by atoms with Gasteiger partial charge in [0.05, 0.1) is 0 Å². The van der Waals surface area contributed by atoms with Crippen LogP contribution >= 0.6 is 12.4 Å². The summed E-state index contributed by atoms with van der Waals surface area (Å²) in [5, 5.41) is 2.96. The Balaban J connectivity index is 0.00000264. The van der Waals surface area contributed by atoms with Gasteiger partial charge in [-0.3, -0.25) is 9.69 Å². The molecule has 0 saturated heterocycles. The number of nitrogens with two attached hydrogens (primary N) is 1. The number of carbonyl (C=O) groups excluding carboxylic acids is 1. The van der Waals surface area contributed by atoms with Gasteiger partial charge in [0.15, 0.2) is 0 Å². The largest absolute Gasteiger partial charge is 0.352 e. The molecular formula is C18H30ClN3O. The first-order valence-electron chi connectivity index (χ1n) is 8.44. The Morgan fingerprint density at radius 2 is 1.87 bits per heavy atom. The molecule has 1 aliphatic carbocycles. The van der Waals surface area contributed by atoms with Gasteiger partial charge >= 0.3 is 0 Å². The molecule has 0 spiro atoms. The van der Waals surface area contributed by atoms with Gasteiger partial charge in [0.1, 0.15) is 0 Å². The second-order valence-electron chi connectivity index (χ2n) is 6.29. The van der Waals surface area contributed by atoms with Crippen molar-refractivity contribution in [2.45, 2.75) is 57.7 Å². The highest BCUT2D eigenvalue weighted by Gasteiger charge is 2.18. The van der Waals surface area contributed by atoms with Crippen molar-refractivity contribution in [1.29, 1.82) is 0 Å². The molecule has 1 aromatic carbocycles. The summed E-state index contributed by atoms with van der Waals surface area (Å²) >= 11 is 0. The van der Waals surface area contributed by atoms with Crippen LogP contribution in [0.25, 0.3) is 0 Å². The summed E-state index contributed by atoms with van der Waals surface area (Å²) in [6.45, 7) is 1.94. The lowest BCUT2D eigenvalue weighted by Crippen LogP contribution is -2.33. The molecular weight excluding hydrogens is 310 g/mol. The van der Waals surface area contributed by atoms with Crippen LogP contribution in [0.1, 0.15) is 49.7 Å². The average Bonchev–Trinajstić information content (AvgIpc) is 2.55. The van der Waals surface area contributed by atoms with E-state index in [4.69, 9.17) is 5.73 Å². The SMILES string of the molecule is CN(Cc1ccccc1CNC(=O)CCN)C1CCCCC1.Cl. The van der Waals surface area contributed by atoms with E-state index in [-0.39, 0.29) is 18.3 Å². The van der Waals surface area contributed by atoms with E-state index in [0.29, 0.717) is 25.6 Å². The van der Waals surface area contributed by atoms with Gasteiger partial charge in [-0.05, 0) is 31.0 Å². The van der Waals surface area contributed by atoms with E-state index in [0.717, 1.165) is 6.54 Å². The number of carbonyl (C=O) groups is 1. The van der Waals surface area contributed by atoms with Gasteiger partial charge in [0, 0.05) is 32.1 Å². The summed E-state index contributed by atoms with van der Waals surface area (Å²) in [4.78, 5) is 14.1. The fraction of sp³-hybridized carbons (Fsp3) is 0.611. The molecule has 3 N–H and O–H groups in total. The minimum Gasteiger partial charge on any atom is -0.352 e. The van der Waals surface area contributed by atoms with Crippen LogP contribution in [0.4, 0.5) is 0 Å². The second-order valence-corrected chi connectivity index (χ2v) is 6.29. The lowest BCUT2D eigenvalue weighted by molar-refractivity contribution is -0.121. The summed E-state index contributed by atoms with van der Waals surface area (Å²) in [5.41, 5.74) is 7.92. The molecule has 0 bridgehead atoms. The van der Waals surface area contributed by atoms with Gasteiger partial charge in [-0.15, -0.1) is 12.4 Å². The highest BCUT2D eigenvalue weighted by Crippen LogP contribution is 2.23. The summed E-state index contributed by atoms with van der Waals surface area (Å²) in [5.74, 6) is 0.0259. The van der Waals surface area contributed by atoms with E-state index in [1.807, 2.05) is 6.07 Å². The quantitative estimate of drug-likeness (QED) is 0.803. The zero-order valence-corrected chi connectivity index (χ0v) is 14.9.